The van der Waals surface area contributed by atoms with Gasteiger partial charge in [-0.05, 0) is 12.5 Å². The first-order valence-electron chi connectivity index (χ1n) is 6.50. The van der Waals surface area contributed by atoms with Crippen LogP contribution < -0.4 is 0 Å². The summed E-state index contributed by atoms with van der Waals surface area (Å²) in [5, 5.41) is 0. The molecule has 0 spiro atoms. The van der Waals surface area contributed by atoms with E-state index in [9.17, 15) is 13.2 Å². The number of carbonyl (C=O) groups excluding carboxylic acids is 1. The highest BCUT2D eigenvalue weighted by Crippen LogP contribution is 2.34. The molecular weight excluding hydrogens is 262 g/mol. The maximum atomic E-state index is 12.0. The van der Waals surface area contributed by atoms with Crippen LogP contribution in [0.5, 0.6) is 0 Å². The fourth-order valence-corrected chi connectivity index (χ4v) is 5.16. The van der Waals surface area contributed by atoms with Crippen molar-refractivity contribution in [2.45, 2.75) is 25.9 Å². The number of rotatable bonds is 2. The smallest absolute Gasteiger partial charge is 0.223 e. The molecule has 0 saturated carbocycles. The zero-order valence-corrected chi connectivity index (χ0v) is 11.7. The fraction of sp³-hybridized carbons (Fsp3) is 0.500. The quantitative estimate of drug-likeness (QED) is 0.816. The van der Waals surface area contributed by atoms with Crippen LogP contribution in [0.25, 0.3) is 0 Å². The zero-order valence-electron chi connectivity index (χ0n) is 10.9. The topological polar surface area (TPSA) is 54.5 Å². The summed E-state index contributed by atoms with van der Waals surface area (Å²) >= 11 is 0. The number of fused-ring (bicyclic) bond motifs is 1. The van der Waals surface area contributed by atoms with E-state index in [0.717, 1.165) is 5.56 Å². The van der Waals surface area contributed by atoms with Crippen molar-refractivity contribution in [3.05, 3.63) is 35.4 Å². The van der Waals surface area contributed by atoms with Crippen molar-refractivity contribution in [3.63, 3.8) is 0 Å². The van der Waals surface area contributed by atoms with Gasteiger partial charge in [-0.25, -0.2) is 8.42 Å². The van der Waals surface area contributed by atoms with Crippen molar-refractivity contribution in [2.75, 3.05) is 11.5 Å². The van der Waals surface area contributed by atoms with Crippen LogP contribution in [0.1, 0.15) is 17.5 Å². The molecule has 0 aliphatic carbocycles. The minimum atomic E-state index is -2.95. The molecule has 5 heteroatoms. The van der Waals surface area contributed by atoms with E-state index in [1.807, 2.05) is 31.2 Å². The van der Waals surface area contributed by atoms with Crippen LogP contribution in [-0.2, 0) is 21.2 Å². The number of benzene rings is 1. The van der Waals surface area contributed by atoms with Crippen LogP contribution in [0.3, 0.4) is 0 Å². The van der Waals surface area contributed by atoms with E-state index < -0.39 is 9.84 Å². The molecule has 1 aromatic rings. The monoisotopic (exact) mass is 279 g/mol. The van der Waals surface area contributed by atoms with Crippen LogP contribution in [-0.4, -0.2) is 36.8 Å². The van der Waals surface area contributed by atoms with Gasteiger partial charge in [0.2, 0.25) is 5.91 Å². The van der Waals surface area contributed by atoms with Gasteiger partial charge in [-0.3, -0.25) is 4.79 Å². The van der Waals surface area contributed by atoms with Crippen LogP contribution in [0.4, 0.5) is 0 Å². The Kier molecular flexibility index (Phi) is 2.89. The fourth-order valence-electron chi connectivity index (χ4n) is 3.06. The molecule has 2 unspecified atom stereocenters. The first-order valence-corrected chi connectivity index (χ1v) is 8.32. The Hall–Kier alpha value is -1.36. The van der Waals surface area contributed by atoms with E-state index in [4.69, 9.17) is 0 Å². The molecule has 0 radical (unpaired) electrons. The third-order valence-corrected chi connectivity index (χ3v) is 5.85. The number of aryl methyl sites for hydroxylation is 1. The Bertz CT molecular complexity index is 606. The van der Waals surface area contributed by atoms with Gasteiger partial charge >= 0.3 is 0 Å². The minimum Gasteiger partial charge on any atom is -0.334 e. The Balaban J connectivity index is 1.80. The van der Waals surface area contributed by atoms with E-state index in [-0.39, 0.29) is 29.4 Å². The highest BCUT2D eigenvalue weighted by molar-refractivity contribution is 7.91. The van der Waals surface area contributed by atoms with Gasteiger partial charge in [-0.1, -0.05) is 29.8 Å². The van der Waals surface area contributed by atoms with Crippen molar-refractivity contribution in [1.82, 2.24) is 4.90 Å². The molecular formula is C14H17NO3S. The minimum absolute atomic E-state index is 0.00273. The average Bonchev–Trinajstić information content (AvgIpc) is 2.75. The van der Waals surface area contributed by atoms with Gasteiger partial charge in [0.1, 0.15) is 0 Å². The predicted molar refractivity (Wildman–Crippen MR) is 72.3 cm³/mol. The molecule has 1 amide bonds. The maximum Gasteiger partial charge on any atom is 0.223 e. The Morgan fingerprint density at radius 2 is 1.89 bits per heavy atom. The number of sulfone groups is 1. The highest BCUT2D eigenvalue weighted by Gasteiger charge is 2.48. The van der Waals surface area contributed by atoms with Crippen molar-refractivity contribution in [1.29, 1.82) is 0 Å². The van der Waals surface area contributed by atoms with E-state index in [0.29, 0.717) is 13.0 Å². The highest BCUT2D eigenvalue weighted by atomic mass is 32.2. The van der Waals surface area contributed by atoms with Crippen LogP contribution in [0.15, 0.2) is 24.3 Å². The van der Waals surface area contributed by atoms with Gasteiger partial charge in [-0.2, -0.15) is 0 Å². The standard InChI is InChI=1S/C14H17NO3S/c1-10-2-4-11(5-3-10)7-15-13-9-19(17,18)8-12(13)6-14(15)16/h2-5,12-13H,6-9H2,1H3. The Labute approximate surface area is 113 Å². The molecule has 2 saturated heterocycles. The number of likely N-dealkylation sites (tertiary alicyclic amines) is 1. The first kappa shape index (κ1) is 12.7. The summed E-state index contributed by atoms with van der Waals surface area (Å²) in [6, 6.07) is 7.91. The lowest BCUT2D eigenvalue weighted by atomic mass is 10.0. The second kappa shape index (κ2) is 4.34. The molecule has 2 aliphatic heterocycles. The van der Waals surface area contributed by atoms with Crippen molar-refractivity contribution in [2.24, 2.45) is 5.92 Å². The summed E-state index contributed by atoms with van der Waals surface area (Å²) in [5.74, 6) is 0.400. The summed E-state index contributed by atoms with van der Waals surface area (Å²) in [6.07, 6.45) is 0.385. The molecule has 102 valence electrons. The molecule has 0 N–H and O–H groups in total. The van der Waals surface area contributed by atoms with E-state index in [1.54, 1.807) is 4.90 Å². The second-order valence-electron chi connectivity index (χ2n) is 5.62. The molecule has 0 bridgehead atoms. The maximum absolute atomic E-state index is 12.0. The van der Waals surface area contributed by atoms with E-state index in [2.05, 4.69) is 0 Å². The largest absolute Gasteiger partial charge is 0.334 e. The van der Waals surface area contributed by atoms with Crippen LogP contribution >= 0.6 is 0 Å². The number of carbonyl (C=O) groups is 1. The number of hydrogen-bond acceptors (Lipinski definition) is 3. The molecule has 2 fully saturated rings. The zero-order chi connectivity index (χ0) is 13.6. The molecule has 2 aliphatic rings. The summed E-state index contributed by atoms with van der Waals surface area (Å²) in [7, 11) is -2.95. The Morgan fingerprint density at radius 1 is 1.21 bits per heavy atom. The number of amides is 1. The summed E-state index contributed by atoms with van der Waals surface area (Å²) in [4.78, 5) is 13.8. The molecule has 2 heterocycles. The van der Waals surface area contributed by atoms with Crippen LogP contribution in [0.2, 0.25) is 0 Å². The molecule has 0 aromatic heterocycles. The average molecular weight is 279 g/mol. The number of nitrogens with zero attached hydrogens (tertiary/aromatic N) is 1. The van der Waals surface area contributed by atoms with Gasteiger partial charge in [0.05, 0.1) is 17.5 Å². The molecule has 3 rings (SSSR count). The molecule has 1 aromatic carbocycles. The van der Waals surface area contributed by atoms with Gasteiger partial charge < -0.3 is 4.90 Å². The summed E-state index contributed by atoms with van der Waals surface area (Å²) in [6.45, 7) is 2.54. The Morgan fingerprint density at radius 3 is 2.58 bits per heavy atom. The lowest BCUT2D eigenvalue weighted by Gasteiger charge is -2.23. The van der Waals surface area contributed by atoms with Gasteiger partial charge in [0, 0.05) is 18.9 Å². The molecule has 2 atom stereocenters. The summed E-state index contributed by atoms with van der Waals surface area (Å²) in [5.41, 5.74) is 2.24. The van der Waals surface area contributed by atoms with Crippen molar-refractivity contribution >= 4 is 15.7 Å². The van der Waals surface area contributed by atoms with E-state index >= 15 is 0 Å². The SMILES string of the molecule is Cc1ccc(CN2C(=O)CC3CS(=O)(=O)CC32)cc1. The third kappa shape index (κ3) is 2.39. The van der Waals surface area contributed by atoms with Gasteiger partial charge in [0.25, 0.3) is 0 Å². The third-order valence-electron chi connectivity index (χ3n) is 4.07. The van der Waals surface area contributed by atoms with E-state index in [1.165, 1.54) is 5.56 Å². The lowest BCUT2D eigenvalue weighted by molar-refractivity contribution is -0.129. The normalized spacial score (nSPS) is 28.7. The second-order valence-corrected chi connectivity index (χ2v) is 7.77. The number of hydrogen-bond donors (Lipinski definition) is 0. The van der Waals surface area contributed by atoms with Crippen molar-refractivity contribution < 1.29 is 13.2 Å². The summed E-state index contributed by atoms with van der Waals surface area (Å²) < 4.78 is 23.3. The van der Waals surface area contributed by atoms with Gasteiger partial charge in [-0.15, -0.1) is 0 Å². The molecule has 19 heavy (non-hydrogen) atoms. The first-order chi connectivity index (χ1) is 8.94. The lowest BCUT2D eigenvalue weighted by Crippen LogP contribution is -2.35. The van der Waals surface area contributed by atoms with Crippen molar-refractivity contribution in [3.8, 4) is 0 Å². The van der Waals surface area contributed by atoms with Gasteiger partial charge in [0.15, 0.2) is 9.84 Å². The van der Waals surface area contributed by atoms with Crippen LogP contribution in [0, 0.1) is 12.8 Å². The molecule has 4 nitrogen and oxygen atoms in total. The predicted octanol–water partition coefficient (Wildman–Crippen LogP) is 1.14.